The molecule has 0 aromatic heterocycles. The third-order valence-electron chi connectivity index (χ3n) is 2.26. The molecule has 15 heavy (non-hydrogen) atoms. The molecule has 82 valence electrons. The van der Waals surface area contributed by atoms with Crippen molar-refractivity contribution in [1.82, 2.24) is 4.90 Å². The first-order valence-electron chi connectivity index (χ1n) is 4.37. The number of hydrogen-bond acceptors (Lipinski definition) is 2. The molecular weight excluding hydrogens is 215 g/mol. The summed E-state index contributed by atoms with van der Waals surface area (Å²) >= 11 is 0. The first kappa shape index (κ1) is 17.4. The van der Waals surface area contributed by atoms with Crippen molar-refractivity contribution in [2.45, 2.75) is 25.1 Å². The van der Waals surface area contributed by atoms with Crippen molar-refractivity contribution in [1.29, 1.82) is 0 Å². The molecule has 1 aliphatic rings. The van der Waals surface area contributed by atoms with Crippen LogP contribution >= 0.6 is 0 Å². The molecule has 6 heteroatoms. The number of carboxylic acids is 1. The SMILES string of the molecule is C=CCCN1C[C@@H](F)C[C@H]1C(=O)O.[Cl-].[Li+]. The molecule has 1 aliphatic heterocycles. The van der Waals surface area contributed by atoms with Crippen LogP contribution < -0.4 is 31.3 Å². The van der Waals surface area contributed by atoms with E-state index in [-0.39, 0.29) is 44.2 Å². The molecular formula is C9H14ClFLiNO2. The van der Waals surface area contributed by atoms with Crippen LogP contribution in [-0.4, -0.2) is 41.3 Å². The van der Waals surface area contributed by atoms with Gasteiger partial charge in [-0.25, -0.2) is 4.39 Å². The largest absolute Gasteiger partial charge is 1.00 e. The summed E-state index contributed by atoms with van der Waals surface area (Å²) in [5, 5.41) is 8.77. The second-order valence-corrected chi connectivity index (χ2v) is 3.26. The van der Waals surface area contributed by atoms with Gasteiger partial charge in [0.15, 0.2) is 0 Å². The fourth-order valence-corrected chi connectivity index (χ4v) is 1.61. The normalized spacial score (nSPS) is 25.1. The zero-order valence-electron chi connectivity index (χ0n) is 8.83. The molecule has 1 saturated heterocycles. The molecule has 0 saturated carbocycles. The van der Waals surface area contributed by atoms with Gasteiger partial charge in [0, 0.05) is 19.5 Å². The molecule has 1 N–H and O–H groups in total. The van der Waals surface area contributed by atoms with Crippen molar-refractivity contribution in [3.63, 3.8) is 0 Å². The quantitative estimate of drug-likeness (QED) is 0.388. The molecule has 0 spiro atoms. The fourth-order valence-electron chi connectivity index (χ4n) is 1.61. The molecule has 3 nitrogen and oxygen atoms in total. The summed E-state index contributed by atoms with van der Waals surface area (Å²) in [5.41, 5.74) is 0. The van der Waals surface area contributed by atoms with Crippen LogP contribution in [0.1, 0.15) is 12.8 Å². The Bertz CT molecular complexity index is 218. The summed E-state index contributed by atoms with van der Waals surface area (Å²) in [7, 11) is 0. The molecule has 0 amide bonds. The standard InChI is InChI=1S/C9H14FNO2.ClH.Li/c1-2-3-4-11-6-7(10)5-8(11)9(12)13;;/h2,7-8H,1,3-6H2,(H,12,13);1H;/q;;+1/p-1/t7-,8-;;/m0../s1. The third-order valence-corrected chi connectivity index (χ3v) is 2.26. The van der Waals surface area contributed by atoms with Crippen LogP contribution in [-0.2, 0) is 4.79 Å². The summed E-state index contributed by atoms with van der Waals surface area (Å²) in [5.74, 6) is -0.927. The first-order valence-corrected chi connectivity index (χ1v) is 4.37. The van der Waals surface area contributed by atoms with Gasteiger partial charge in [-0.2, -0.15) is 0 Å². The van der Waals surface area contributed by atoms with Crippen molar-refractivity contribution in [3.8, 4) is 0 Å². The number of carboxylic acid groups (broad SMARTS) is 1. The molecule has 0 radical (unpaired) electrons. The maximum Gasteiger partial charge on any atom is 1.00 e. The Balaban J connectivity index is 0. The van der Waals surface area contributed by atoms with Crippen molar-refractivity contribution in [2.24, 2.45) is 0 Å². The second-order valence-electron chi connectivity index (χ2n) is 3.26. The molecule has 0 aromatic rings. The van der Waals surface area contributed by atoms with E-state index in [1.165, 1.54) is 0 Å². The van der Waals surface area contributed by atoms with Crippen molar-refractivity contribution in [2.75, 3.05) is 13.1 Å². The second kappa shape index (κ2) is 8.18. The third kappa shape index (κ3) is 5.03. The Morgan fingerprint density at radius 3 is 2.73 bits per heavy atom. The van der Waals surface area contributed by atoms with E-state index in [4.69, 9.17) is 5.11 Å². The van der Waals surface area contributed by atoms with Gasteiger partial charge in [-0.15, -0.1) is 6.58 Å². The van der Waals surface area contributed by atoms with Gasteiger partial charge in [0.2, 0.25) is 0 Å². The van der Waals surface area contributed by atoms with Crippen molar-refractivity contribution < 1.29 is 45.6 Å². The number of halogens is 2. The number of alkyl halides is 1. The minimum Gasteiger partial charge on any atom is -1.00 e. The van der Waals surface area contributed by atoms with Gasteiger partial charge < -0.3 is 17.5 Å². The maximum absolute atomic E-state index is 12.9. The van der Waals surface area contributed by atoms with E-state index in [9.17, 15) is 9.18 Å². The molecule has 1 heterocycles. The molecule has 0 aromatic carbocycles. The van der Waals surface area contributed by atoms with Crippen LogP contribution in [0.2, 0.25) is 0 Å². The van der Waals surface area contributed by atoms with Crippen LogP contribution in [0, 0.1) is 0 Å². The fraction of sp³-hybridized carbons (Fsp3) is 0.667. The van der Waals surface area contributed by atoms with Crippen molar-refractivity contribution >= 4 is 5.97 Å². The minimum atomic E-state index is -0.995. The van der Waals surface area contributed by atoms with Crippen molar-refractivity contribution in [3.05, 3.63) is 12.7 Å². The predicted octanol–water partition coefficient (Wildman–Crippen LogP) is -4.93. The van der Waals surface area contributed by atoms with Gasteiger partial charge >= 0.3 is 24.8 Å². The van der Waals surface area contributed by atoms with E-state index in [1.807, 2.05) is 0 Å². The van der Waals surface area contributed by atoms with E-state index in [0.717, 1.165) is 0 Å². The van der Waals surface area contributed by atoms with Gasteiger partial charge in [-0.1, -0.05) is 6.08 Å². The van der Waals surface area contributed by atoms with Gasteiger partial charge in [0.1, 0.15) is 12.2 Å². The molecule has 1 fully saturated rings. The first-order chi connectivity index (χ1) is 6.15. The zero-order chi connectivity index (χ0) is 9.84. The van der Waals surface area contributed by atoms with Gasteiger partial charge in [-0.05, 0) is 6.42 Å². The monoisotopic (exact) mass is 229 g/mol. The van der Waals surface area contributed by atoms with E-state index >= 15 is 0 Å². The number of rotatable bonds is 4. The molecule has 0 unspecified atom stereocenters. The van der Waals surface area contributed by atoms with Crippen LogP contribution in [0.4, 0.5) is 4.39 Å². The Morgan fingerprint density at radius 2 is 2.27 bits per heavy atom. The number of carbonyl (C=O) groups is 1. The summed E-state index contributed by atoms with van der Waals surface area (Å²) in [6.45, 7) is 4.37. The summed E-state index contributed by atoms with van der Waals surface area (Å²) < 4.78 is 12.9. The average Bonchev–Trinajstić information content (AvgIpc) is 2.43. The summed E-state index contributed by atoms with van der Waals surface area (Å²) in [6.07, 6.45) is 1.54. The topological polar surface area (TPSA) is 40.5 Å². The Morgan fingerprint density at radius 1 is 1.67 bits per heavy atom. The van der Waals surface area contributed by atoms with E-state index in [0.29, 0.717) is 13.0 Å². The Kier molecular flexibility index (Phi) is 9.48. The molecule has 2 atom stereocenters. The Hall–Kier alpha value is -0.0126. The van der Waals surface area contributed by atoms with E-state index < -0.39 is 18.2 Å². The smallest absolute Gasteiger partial charge is 1.00 e. The van der Waals surface area contributed by atoms with Gasteiger partial charge in [0.05, 0.1) is 0 Å². The predicted molar refractivity (Wildman–Crippen MR) is 47.3 cm³/mol. The van der Waals surface area contributed by atoms with Crippen LogP contribution in [0.25, 0.3) is 0 Å². The number of aliphatic carboxylic acids is 1. The van der Waals surface area contributed by atoms with E-state index in [1.54, 1.807) is 11.0 Å². The van der Waals surface area contributed by atoms with E-state index in [2.05, 4.69) is 6.58 Å². The van der Waals surface area contributed by atoms with Crippen LogP contribution in [0.5, 0.6) is 0 Å². The molecule has 0 bridgehead atoms. The molecule has 0 aliphatic carbocycles. The number of hydrogen-bond donors (Lipinski definition) is 1. The molecule has 1 rings (SSSR count). The van der Waals surface area contributed by atoms with Crippen LogP contribution in [0.15, 0.2) is 12.7 Å². The number of likely N-dealkylation sites (tertiary alicyclic amines) is 1. The van der Waals surface area contributed by atoms with Gasteiger partial charge in [0.25, 0.3) is 0 Å². The average molecular weight is 230 g/mol. The Labute approximate surface area is 107 Å². The minimum absolute atomic E-state index is 0. The zero-order valence-corrected chi connectivity index (χ0v) is 9.58. The van der Waals surface area contributed by atoms with Gasteiger partial charge in [-0.3, -0.25) is 9.69 Å². The summed E-state index contributed by atoms with van der Waals surface area (Å²) in [6, 6.07) is -0.644. The number of nitrogens with zero attached hydrogens (tertiary/aromatic N) is 1. The maximum atomic E-state index is 12.9. The summed E-state index contributed by atoms with van der Waals surface area (Å²) in [4.78, 5) is 12.3. The van der Waals surface area contributed by atoms with Crippen LogP contribution in [0.3, 0.4) is 0 Å².